The molecule has 1 aromatic rings. The highest BCUT2D eigenvalue weighted by molar-refractivity contribution is 6.30. The van der Waals surface area contributed by atoms with Gasteiger partial charge in [0.05, 0.1) is 0 Å². The van der Waals surface area contributed by atoms with Gasteiger partial charge in [-0.05, 0) is 0 Å². The van der Waals surface area contributed by atoms with Gasteiger partial charge in [-0.15, -0.1) is 4.73 Å². The van der Waals surface area contributed by atoms with Crippen molar-refractivity contribution in [2.45, 2.75) is 0 Å². The minimum atomic E-state index is -1.47. The lowest BCUT2D eigenvalue weighted by molar-refractivity contribution is -0.165. The maximum absolute atomic E-state index is 11.1. The lowest BCUT2D eigenvalue weighted by Gasteiger charge is -1.97. The summed E-state index contributed by atoms with van der Waals surface area (Å²) in [5, 5.41) is 0. The maximum Gasteiger partial charge on any atom is 0.444 e. The van der Waals surface area contributed by atoms with Gasteiger partial charge in [-0.25, -0.2) is 19.2 Å². The lowest BCUT2D eigenvalue weighted by Crippen LogP contribution is -2.44. The van der Waals surface area contributed by atoms with Gasteiger partial charge in [0.1, 0.15) is 6.33 Å². The van der Waals surface area contributed by atoms with Gasteiger partial charge in [-0.2, -0.15) is 4.98 Å². The van der Waals surface area contributed by atoms with Crippen LogP contribution in [0.5, 0.6) is 0 Å². The van der Waals surface area contributed by atoms with E-state index in [4.69, 9.17) is 0 Å². The van der Waals surface area contributed by atoms with E-state index in [0.29, 0.717) is 11.1 Å². The topological polar surface area (TPSA) is 109 Å². The molecule has 2 rings (SSSR count). The fourth-order valence-electron chi connectivity index (χ4n) is 0.762. The SMILES string of the molecule is O=C1On2cnc(=O)n(c2=O)OC1=O. The Morgan fingerprint density at radius 2 is 1.71 bits per heavy atom. The average Bonchev–Trinajstić information content (AvgIpc) is 2.21. The molecule has 0 aliphatic carbocycles. The van der Waals surface area contributed by atoms with Crippen molar-refractivity contribution in [3.63, 3.8) is 0 Å². The Morgan fingerprint density at radius 1 is 1.07 bits per heavy atom. The Balaban J connectivity index is 2.76. The Bertz CT molecular complexity index is 539. The van der Waals surface area contributed by atoms with Crippen molar-refractivity contribution in [3.05, 3.63) is 27.3 Å². The smallest absolute Gasteiger partial charge is 0.319 e. The first kappa shape index (κ1) is 8.16. The molecule has 0 fully saturated rings. The summed E-state index contributed by atoms with van der Waals surface area (Å²) in [6, 6.07) is 0. The van der Waals surface area contributed by atoms with Gasteiger partial charge in [0.2, 0.25) is 0 Å². The van der Waals surface area contributed by atoms with Crippen LogP contribution in [0.15, 0.2) is 15.9 Å². The lowest BCUT2D eigenvalue weighted by atomic mass is 10.7. The number of carbonyl (C=O) groups excluding carboxylic acids is 2. The second kappa shape index (κ2) is 2.52. The summed E-state index contributed by atoms with van der Waals surface area (Å²) < 4.78 is 0.335. The molecule has 72 valence electrons. The van der Waals surface area contributed by atoms with Gasteiger partial charge in [-0.1, -0.05) is 4.73 Å². The van der Waals surface area contributed by atoms with E-state index in [9.17, 15) is 19.2 Å². The first-order valence-electron chi connectivity index (χ1n) is 3.25. The fourth-order valence-corrected chi connectivity index (χ4v) is 0.762. The summed E-state index contributed by atoms with van der Waals surface area (Å²) in [6.45, 7) is 0. The summed E-state index contributed by atoms with van der Waals surface area (Å²) in [5.41, 5.74) is -2.23. The number of hydrogen-bond donors (Lipinski definition) is 0. The number of aromatic nitrogens is 3. The Labute approximate surface area is 74.0 Å². The van der Waals surface area contributed by atoms with E-state index >= 15 is 0 Å². The molecule has 0 radical (unpaired) electrons. The van der Waals surface area contributed by atoms with Crippen LogP contribution in [0.1, 0.15) is 0 Å². The number of fused-ring (bicyclic) bond motifs is 2. The van der Waals surface area contributed by atoms with Crippen molar-refractivity contribution >= 4 is 11.9 Å². The van der Waals surface area contributed by atoms with Crippen LogP contribution in [0.4, 0.5) is 0 Å². The van der Waals surface area contributed by atoms with E-state index in [-0.39, 0.29) is 4.73 Å². The van der Waals surface area contributed by atoms with Crippen molar-refractivity contribution in [3.8, 4) is 0 Å². The number of hydrogen-bond acceptors (Lipinski definition) is 7. The van der Waals surface area contributed by atoms with Crippen molar-refractivity contribution in [1.82, 2.24) is 14.4 Å². The van der Waals surface area contributed by atoms with E-state index in [1.165, 1.54) is 0 Å². The summed E-state index contributed by atoms with van der Waals surface area (Å²) in [7, 11) is 0. The van der Waals surface area contributed by atoms with E-state index in [1.54, 1.807) is 0 Å². The highest BCUT2D eigenvalue weighted by atomic mass is 16.8. The molecule has 1 aliphatic rings. The van der Waals surface area contributed by atoms with E-state index in [0.717, 1.165) is 0 Å². The van der Waals surface area contributed by atoms with Crippen LogP contribution in [-0.4, -0.2) is 26.4 Å². The monoisotopic (exact) mass is 199 g/mol. The Hall–Kier alpha value is -2.45. The molecule has 1 aromatic heterocycles. The zero-order valence-electron chi connectivity index (χ0n) is 6.37. The largest absolute Gasteiger partial charge is 0.444 e. The van der Waals surface area contributed by atoms with Gasteiger partial charge < -0.3 is 9.68 Å². The molecule has 0 aromatic carbocycles. The zero-order valence-corrected chi connectivity index (χ0v) is 6.37. The van der Waals surface area contributed by atoms with Crippen molar-refractivity contribution < 1.29 is 19.3 Å². The molecular formula is C5HN3O6. The standard InChI is InChI=1S/C5HN3O6/c9-2-3(10)14-8-4(11)6-1-7(13-2)5(8)12/h1H. The Morgan fingerprint density at radius 3 is 2.43 bits per heavy atom. The van der Waals surface area contributed by atoms with Crippen LogP contribution >= 0.6 is 0 Å². The molecule has 2 heterocycles. The highest BCUT2D eigenvalue weighted by Crippen LogP contribution is 1.80. The van der Waals surface area contributed by atoms with Gasteiger partial charge >= 0.3 is 23.3 Å². The molecule has 0 amide bonds. The van der Waals surface area contributed by atoms with Crippen LogP contribution in [-0.2, 0) is 9.59 Å². The first-order chi connectivity index (χ1) is 6.59. The van der Waals surface area contributed by atoms with Gasteiger partial charge in [0.15, 0.2) is 0 Å². The molecule has 0 spiro atoms. The molecular weight excluding hydrogens is 198 g/mol. The normalized spacial score (nSPS) is 14.3. The zero-order chi connectivity index (χ0) is 10.3. The molecule has 0 N–H and O–H groups in total. The highest BCUT2D eigenvalue weighted by Gasteiger charge is 2.27. The van der Waals surface area contributed by atoms with E-state index in [1.807, 2.05) is 0 Å². The fraction of sp³-hybridized carbons (Fsp3) is 0. The van der Waals surface area contributed by atoms with Gasteiger partial charge in [0.25, 0.3) is 0 Å². The minimum Gasteiger partial charge on any atom is -0.319 e. The predicted molar refractivity (Wildman–Crippen MR) is 35.9 cm³/mol. The molecule has 0 unspecified atom stereocenters. The number of nitrogens with zero attached hydrogens (tertiary/aromatic N) is 3. The van der Waals surface area contributed by atoms with E-state index in [2.05, 4.69) is 14.7 Å². The quantitative estimate of drug-likeness (QED) is 0.396. The van der Waals surface area contributed by atoms with Crippen molar-refractivity contribution in [2.24, 2.45) is 0 Å². The predicted octanol–water partition coefficient (Wildman–Crippen LogP) is -3.67. The first-order valence-corrected chi connectivity index (χ1v) is 3.25. The third-order valence-electron chi connectivity index (χ3n) is 1.33. The van der Waals surface area contributed by atoms with Gasteiger partial charge in [0, 0.05) is 0 Å². The van der Waals surface area contributed by atoms with Crippen LogP contribution in [0, 0.1) is 0 Å². The summed E-state index contributed by atoms with van der Waals surface area (Å²) in [5.74, 6) is -2.89. The summed E-state index contributed by atoms with van der Waals surface area (Å²) in [6.07, 6.45) is 0.668. The third-order valence-corrected chi connectivity index (χ3v) is 1.33. The second-order valence-corrected chi connectivity index (χ2v) is 2.19. The minimum absolute atomic E-state index is 0.0211. The van der Waals surface area contributed by atoms with Crippen LogP contribution in [0.3, 0.4) is 0 Å². The van der Waals surface area contributed by atoms with E-state index < -0.39 is 23.3 Å². The number of rotatable bonds is 0. The molecule has 1 aliphatic heterocycles. The second-order valence-electron chi connectivity index (χ2n) is 2.19. The average molecular weight is 199 g/mol. The van der Waals surface area contributed by atoms with Gasteiger partial charge in [-0.3, -0.25) is 0 Å². The van der Waals surface area contributed by atoms with Crippen molar-refractivity contribution in [1.29, 1.82) is 0 Å². The summed E-state index contributed by atoms with van der Waals surface area (Å²) >= 11 is 0. The molecule has 9 heteroatoms. The molecule has 0 atom stereocenters. The Kier molecular flexibility index (Phi) is 1.47. The molecule has 0 saturated carbocycles. The van der Waals surface area contributed by atoms with Crippen LogP contribution < -0.4 is 21.1 Å². The van der Waals surface area contributed by atoms with Crippen molar-refractivity contribution in [2.75, 3.05) is 0 Å². The third kappa shape index (κ3) is 0.990. The maximum atomic E-state index is 11.1. The number of carbonyl (C=O) groups is 2. The summed E-state index contributed by atoms with van der Waals surface area (Å²) in [4.78, 5) is 54.8. The molecule has 9 nitrogen and oxygen atoms in total. The van der Waals surface area contributed by atoms with Crippen LogP contribution in [0.25, 0.3) is 0 Å². The molecule has 14 heavy (non-hydrogen) atoms. The molecule has 0 saturated heterocycles. The van der Waals surface area contributed by atoms with Crippen LogP contribution in [0.2, 0.25) is 0 Å². The molecule has 2 bridgehead atoms.